The van der Waals surface area contributed by atoms with Crippen LogP contribution in [-0.2, 0) is 0 Å². The Morgan fingerprint density at radius 1 is 1.39 bits per heavy atom. The Morgan fingerprint density at radius 2 is 2.17 bits per heavy atom. The summed E-state index contributed by atoms with van der Waals surface area (Å²) in [6, 6.07) is 2.96. The summed E-state index contributed by atoms with van der Waals surface area (Å²) >= 11 is 4.32. The first-order chi connectivity index (χ1) is 8.76. The van der Waals surface area contributed by atoms with Gasteiger partial charge in [0.1, 0.15) is 0 Å². The van der Waals surface area contributed by atoms with Gasteiger partial charge in [0.05, 0.1) is 2.88 Å². The van der Waals surface area contributed by atoms with E-state index in [0.29, 0.717) is 6.04 Å². The summed E-state index contributed by atoms with van der Waals surface area (Å²) in [5, 5.41) is 6.11. The molecule has 3 unspecified atom stereocenters. The fourth-order valence-electron chi connectivity index (χ4n) is 3.40. The van der Waals surface area contributed by atoms with Gasteiger partial charge in [0.25, 0.3) is 0 Å². The Labute approximate surface area is 129 Å². The minimum absolute atomic E-state index is 0.583. The maximum absolute atomic E-state index is 3.75. The molecule has 0 amide bonds. The molecule has 0 saturated heterocycles. The van der Waals surface area contributed by atoms with E-state index in [1.165, 1.54) is 40.6 Å². The Kier molecular flexibility index (Phi) is 5.96. The molecule has 3 heteroatoms. The molecule has 1 aliphatic rings. The van der Waals surface area contributed by atoms with Gasteiger partial charge in [-0.1, -0.05) is 39.5 Å². The lowest BCUT2D eigenvalue weighted by molar-refractivity contribution is 0.177. The van der Waals surface area contributed by atoms with Crippen molar-refractivity contribution in [2.24, 2.45) is 11.8 Å². The zero-order valence-electron chi connectivity index (χ0n) is 11.4. The lowest BCUT2D eigenvalue weighted by Crippen LogP contribution is -2.34. The molecule has 1 aromatic heterocycles. The van der Waals surface area contributed by atoms with E-state index in [0.717, 1.165) is 18.4 Å². The average molecular weight is 377 g/mol. The van der Waals surface area contributed by atoms with Gasteiger partial charge in [-0.05, 0) is 64.4 Å². The maximum atomic E-state index is 3.75. The first kappa shape index (κ1) is 14.8. The third kappa shape index (κ3) is 3.48. The maximum Gasteiger partial charge on any atom is 0.0656 e. The van der Waals surface area contributed by atoms with Gasteiger partial charge in [-0.15, -0.1) is 11.3 Å². The summed E-state index contributed by atoms with van der Waals surface area (Å²) in [4.78, 5) is 0. The lowest BCUT2D eigenvalue weighted by atomic mass is 9.72. The molecule has 1 aromatic rings. The number of hydrogen-bond donors (Lipinski definition) is 1. The van der Waals surface area contributed by atoms with E-state index in [2.05, 4.69) is 53.2 Å². The van der Waals surface area contributed by atoms with Crippen molar-refractivity contribution in [1.82, 2.24) is 5.32 Å². The molecule has 2 rings (SSSR count). The van der Waals surface area contributed by atoms with Crippen LogP contribution in [0, 0.1) is 14.7 Å². The minimum Gasteiger partial charge on any atom is -0.310 e. The molecule has 102 valence electrons. The van der Waals surface area contributed by atoms with Crippen molar-refractivity contribution in [3.8, 4) is 0 Å². The predicted octanol–water partition coefficient (Wildman–Crippen LogP) is 5.22. The molecule has 1 fully saturated rings. The van der Waals surface area contributed by atoms with Crippen LogP contribution in [0.5, 0.6) is 0 Å². The Balaban J connectivity index is 2.17. The first-order valence-electron chi connectivity index (χ1n) is 7.23. The van der Waals surface area contributed by atoms with Crippen LogP contribution in [-0.4, -0.2) is 6.54 Å². The Bertz CT molecular complexity index is 363. The molecule has 1 saturated carbocycles. The number of thiophene rings is 1. The van der Waals surface area contributed by atoms with Gasteiger partial charge in [-0.25, -0.2) is 0 Å². The van der Waals surface area contributed by atoms with Crippen LogP contribution >= 0.6 is 33.9 Å². The number of rotatable bonds is 5. The first-order valence-corrected chi connectivity index (χ1v) is 9.19. The molecule has 18 heavy (non-hydrogen) atoms. The van der Waals surface area contributed by atoms with Crippen molar-refractivity contribution in [1.29, 1.82) is 0 Å². The van der Waals surface area contributed by atoms with Crippen molar-refractivity contribution < 1.29 is 0 Å². The second-order valence-electron chi connectivity index (χ2n) is 5.34. The van der Waals surface area contributed by atoms with Crippen LogP contribution in [0.25, 0.3) is 0 Å². The average Bonchev–Trinajstić information content (AvgIpc) is 2.82. The van der Waals surface area contributed by atoms with Gasteiger partial charge < -0.3 is 5.32 Å². The highest BCUT2D eigenvalue weighted by Gasteiger charge is 2.31. The van der Waals surface area contributed by atoms with E-state index >= 15 is 0 Å². The minimum atomic E-state index is 0.583. The van der Waals surface area contributed by atoms with Crippen molar-refractivity contribution in [3.05, 3.63) is 19.9 Å². The van der Waals surface area contributed by atoms with Crippen LogP contribution in [0.2, 0.25) is 0 Å². The molecule has 0 aliphatic heterocycles. The largest absolute Gasteiger partial charge is 0.310 e. The van der Waals surface area contributed by atoms with Crippen molar-refractivity contribution >= 4 is 33.9 Å². The van der Waals surface area contributed by atoms with Gasteiger partial charge in [0.15, 0.2) is 0 Å². The quantitative estimate of drug-likeness (QED) is 0.694. The molecule has 3 atom stereocenters. The van der Waals surface area contributed by atoms with Gasteiger partial charge in [-0.3, -0.25) is 0 Å². The summed E-state index contributed by atoms with van der Waals surface area (Å²) in [5.74, 6) is 1.76. The molecule has 0 bridgehead atoms. The highest BCUT2D eigenvalue weighted by molar-refractivity contribution is 14.1. The lowest BCUT2D eigenvalue weighted by Gasteiger charge is -2.37. The summed E-state index contributed by atoms with van der Waals surface area (Å²) < 4.78 is 1.41. The van der Waals surface area contributed by atoms with Gasteiger partial charge in [0.2, 0.25) is 0 Å². The van der Waals surface area contributed by atoms with Gasteiger partial charge in [0, 0.05) is 6.04 Å². The van der Waals surface area contributed by atoms with E-state index in [4.69, 9.17) is 0 Å². The van der Waals surface area contributed by atoms with Gasteiger partial charge in [-0.2, -0.15) is 0 Å². The smallest absolute Gasteiger partial charge is 0.0656 e. The second kappa shape index (κ2) is 7.25. The Morgan fingerprint density at radius 3 is 2.78 bits per heavy atom. The number of nitrogens with one attached hydrogen (secondary N) is 1. The molecule has 1 heterocycles. The predicted molar refractivity (Wildman–Crippen MR) is 89.2 cm³/mol. The molecule has 0 aromatic carbocycles. The highest BCUT2D eigenvalue weighted by atomic mass is 127. The normalized spacial score (nSPS) is 26.2. The van der Waals surface area contributed by atoms with E-state index in [1.807, 2.05) is 11.3 Å². The van der Waals surface area contributed by atoms with Crippen LogP contribution in [0.1, 0.15) is 57.6 Å². The number of hydrogen-bond acceptors (Lipinski definition) is 2. The zero-order chi connectivity index (χ0) is 13.0. The van der Waals surface area contributed by atoms with Crippen LogP contribution < -0.4 is 5.32 Å². The molecule has 1 nitrogen and oxygen atoms in total. The molecular formula is C15H24INS. The fourth-order valence-corrected chi connectivity index (χ4v) is 4.81. The van der Waals surface area contributed by atoms with Crippen LogP contribution in [0.4, 0.5) is 0 Å². The molecular weight excluding hydrogens is 353 g/mol. The Hall–Kier alpha value is 0.390. The van der Waals surface area contributed by atoms with E-state index < -0.39 is 0 Å². The highest BCUT2D eigenvalue weighted by Crippen LogP contribution is 2.41. The van der Waals surface area contributed by atoms with Crippen LogP contribution in [0.3, 0.4) is 0 Å². The molecule has 0 spiro atoms. The summed E-state index contributed by atoms with van der Waals surface area (Å²) in [6.45, 7) is 5.67. The summed E-state index contributed by atoms with van der Waals surface area (Å²) in [6.07, 6.45) is 7.04. The summed E-state index contributed by atoms with van der Waals surface area (Å²) in [5.41, 5.74) is 1.52. The van der Waals surface area contributed by atoms with E-state index in [1.54, 1.807) is 0 Å². The van der Waals surface area contributed by atoms with Crippen molar-refractivity contribution in [3.63, 3.8) is 0 Å². The zero-order valence-corrected chi connectivity index (χ0v) is 14.4. The molecule has 0 radical (unpaired) electrons. The standard InChI is InChI=1S/C15H24INS/c1-3-11-7-5-6-8-13(11)15(17-4-2)12-9-14(16)18-10-12/h9-11,13,15,17H,3-8H2,1-2H3. The molecule has 1 aliphatic carbocycles. The summed E-state index contributed by atoms with van der Waals surface area (Å²) in [7, 11) is 0. The van der Waals surface area contributed by atoms with Crippen LogP contribution in [0.15, 0.2) is 11.4 Å². The van der Waals surface area contributed by atoms with Crippen molar-refractivity contribution in [2.45, 2.75) is 52.0 Å². The second-order valence-corrected chi connectivity index (χ2v) is 8.14. The number of halogens is 1. The third-order valence-corrected chi connectivity index (χ3v) is 6.10. The topological polar surface area (TPSA) is 12.0 Å². The van der Waals surface area contributed by atoms with E-state index in [9.17, 15) is 0 Å². The fraction of sp³-hybridized carbons (Fsp3) is 0.733. The SMILES string of the molecule is CCNC(c1csc(I)c1)C1CCCCC1CC. The van der Waals surface area contributed by atoms with E-state index in [-0.39, 0.29) is 0 Å². The monoisotopic (exact) mass is 377 g/mol. The van der Waals surface area contributed by atoms with Crippen molar-refractivity contribution in [2.75, 3.05) is 6.54 Å². The third-order valence-electron chi connectivity index (χ3n) is 4.29. The van der Waals surface area contributed by atoms with Gasteiger partial charge >= 0.3 is 0 Å². The molecule has 1 N–H and O–H groups in total.